The number of carbonyl (C=O) groups is 1. The number of nitrogens with one attached hydrogen (secondary N) is 1. The molecule has 1 aromatic heterocycles. The maximum atomic E-state index is 11.0. The Morgan fingerprint density at radius 3 is 2.92 bits per heavy atom. The Morgan fingerprint density at radius 2 is 2.50 bits per heavy atom. The highest BCUT2D eigenvalue weighted by Crippen LogP contribution is 2.20. The Bertz CT molecular complexity index is 296. The van der Waals surface area contributed by atoms with Crippen molar-refractivity contribution < 1.29 is 9.90 Å². The summed E-state index contributed by atoms with van der Waals surface area (Å²) in [5, 5.41) is 8.83. The fourth-order valence-corrected chi connectivity index (χ4v) is 1.80. The number of nitrogen functional groups attached to an aromatic ring is 1. The van der Waals surface area contributed by atoms with E-state index in [1.165, 1.54) is 11.3 Å². The lowest BCUT2D eigenvalue weighted by Gasteiger charge is -1.91. The van der Waals surface area contributed by atoms with Crippen LogP contribution in [0.5, 0.6) is 0 Å². The molecular weight excluding hydrogens is 176 g/mol. The maximum absolute atomic E-state index is 11.0. The molecule has 4 N–H and O–H groups in total. The van der Waals surface area contributed by atoms with Gasteiger partial charge in [-0.1, -0.05) is 0 Å². The van der Waals surface area contributed by atoms with Gasteiger partial charge in [0.25, 0.3) is 5.91 Å². The van der Waals surface area contributed by atoms with Gasteiger partial charge in [0.2, 0.25) is 0 Å². The smallest absolute Gasteiger partial charge is 0.275 e. The van der Waals surface area contributed by atoms with Crippen molar-refractivity contribution in [1.29, 1.82) is 0 Å². The largest absolute Gasteiger partial charge is 0.392 e. The van der Waals surface area contributed by atoms with Crippen molar-refractivity contribution in [2.24, 2.45) is 5.84 Å². The number of aryl methyl sites for hydroxylation is 1. The zero-order valence-electron chi connectivity index (χ0n) is 6.63. The molecule has 0 aromatic carbocycles. The van der Waals surface area contributed by atoms with Crippen molar-refractivity contribution in [3.8, 4) is 0 Å². The van der Waals surface area contributed by atoms with Gasteiger partial charge in [-0.05, 0) is 18.6 Å². The summed E-state index contributed by atoms with van der Waals surface area (Å²) in [6.45, 7) is 1.81. The van der Waals surface area contributed by atoms with Gasteiger partial charge in [-0.3, -0.25) is 10.2 Å². The molecule has 0 atom stereocenters. The Morgan fingerprint density at radius 1 is 1.83 bits per heavy atom. The molecule has 0 radical (unpaired) electrons. The van der Waals surface area contributed by atoms with E-state index in [-0.39, 0.29) is 12.5 Å². The SMILES string of the molecule is Cc1sc(C(=O)NN)cc1CO. The molecule has 0 bridgehead atoms. The highest BCUT2D eigenvalue weighted by atomic mass is 32.1. The van der Waals surface area contributed by atoms with Crippen molar-refractivity contribution in [2.75, 3.05) is 0 Å². The molecule has 1 heterocycles. The molecule has 4 nitrogen and oxygen atoms in total. The first-order valence-corrected chi connectivity index (χ1v) is 4.21. The van der Waals surface area contributed by atoms with E-state index in [1.54, 1.807) is 6.07 Å². The second-order valence-corrected chi connectivity index (χ2v) is 3.58. The van der Waals surface area contributed by atoms with E-state index in [9.17, 15) is 4.79 Å². The van der Waals surface area contributed by atoms with Gasteiger partial charge in [0.05, 0.1) is 11.5 Å². The lowest BCUT2D eigenvalue weighted by Crippen LogP contribution is -2.29. The van der Waals surface area contributed by atoms with Crippen LogP contribution in [-0.2, 0) is 6.61 Å². The van der Waals surface area contributed by atoms with E-state index in [2.05, 4.69) is 0 Å². The van der Waals surface area contributed by atoms with Crippen LogP contribution in [0, 0.1) is 6.92 Å². The third-order valence-corrected chi connectivity index (χ3v) is 2.64. The van der Waals surface area contributed by atoms with Gasteiger partial charge >= 0.3 is 0 Å². The summed E-state index contributed by atoms with van der Waals surface area (Å²) in [4.78, 5) is 12.5. The molecule has 1 rings (SSSR count). The number of nitrogens with two attached hydrogens (primary N) is 1. The number of thiophene rings is 1. The highest BCUT2D eigenvalue weighted by Gasteiger charge is 2.09. The van der Waals surface area contributed by atoms with Gasteiger partial charge in [0.1, 0.15) is 0 Å². The normalized spacial score (nSPS) is 9.92. The summed E-state index contributed by atoms with van der Waals surface area (Å²) in [5.74, 6) is 4.63. The quantitative estimate of drug-likeness (QED) is 0.349. The molecule has 12 heavy (non-hydrogen) atoms. The van der Waals surface area contributed by atoms with Crippen LogP contribution in [0.4, 0.5) is 0 Å². The number of carbonyl (C=O) groups excluding carboxylic acids is 1. The van der Waals surface area contributed by atoms with E-state index in [4.69, 9.17) is 10.9 Å². The predicted octanol–water partition coefficient (Wildman–Crippen LogP) is 0.152. The standard InChI is InChI=1S/C7H10N2O2S/c1-4-5(3-10)2-6(12-4)7(11)9-8/h2,10H,3,8H2,1H3,(H,9,11). The highest BCUT2D eigenvalue weighted by molar-refractivity contribution is 7.14. The number of amides is 1. The van der Waals surface area contributed by atoms with Gasteiger partial charge < -0.3 is 5.11 Å². The average Bonchev–Trinajstić information content (AvgIpc) is 2.45. The number of hydrazine groups is 1. The van der Waals surface area contributed by atoms with Crippen molar-refractivity contribution in [3.05, 3.63) is 21.4 Å². The molecule has 1 aromatic rings. The third-order valence-electron chi connectivity index (χ3n) is 1.55. The minimum atomic E-state index is -0.317. The summed E-state index contributed by atoms with van der Waals surface area (Å²) in [7, 11) is 0. The van der Waals surface area contributed by atoms with Crippen LogP contribution in [-0.4, -0.2) is 11.0 Å². The number of aliphatic hydroxyl groups is 1. The molecule has 0 unspecified atom stereocenters. The van der Waals surface area contributed by atoms with Crippen molar-refractivity contribution in [3.63, 3.8) is 0 Å². The number of hydrogen-bond donors (Lipinski definition) is 3. The van der Waals surface area contributed by atoms with Crippen LogP contribution in [0.2, 0.25) is 0 Å². The third kappa shape index (κ3) is 1.63. The van der Waals surface area contributed by atoms with Crippen LogP contribution in [0.15, 0.2) is 6.07 Å². The summed E-state index contributed by atoms with van der Waals surface area (Å²) in [6, 6.07) is 1.64. The number of hydrogen-bond acceptors (Lipinski definition) is 4. The summed E-state index contributed by atoms with van der Waals surface area (Å²) < 4.78 is 0. The van der Waals surface area contributed by atoms with Gasteiger partial charge in [0.15, 0.2) is 0 Å². The number of rotatable bonds is 2. The van der Waals surface area contributed by atoms with Gasteiger partial charge in [0, 0.05) is 4.88 Å². The molecule has 5 heteroatoms. The molecule has 0 aliphatic carbocycles. The van der Waals surface area contributed by atoms with E-state index in [1.807, 2.05) is 12.3 Å². The second kappa shape index (κ2) is 3.66. The maximum Gasteiger partial charge on any atom is 0.275 e. The predicted molar refractivity (Wildman–Crippen MR) is 46.6 cm³/mol. The minimum absolute atomic E-state index is 0.0415. The first-order valence-electron chi connectivity index (χ1n) is 3.40. The molecule has 1 amide bonds. The Kier molecular flexibility index (Phi) is 2.80. The van der Waals surface area contributed by atoms with Crippen LogP contribution < -0.4 is 11.3 Å². The van der Waals surface area contributed by atoms with Crippen LogP contribution >= 0.6 is 11.3 Å². The fourth-order valence-electron chi connectivity index (χ4n) is 0.860. The lowest BCUT2D eigenvalue weighted by molar-refractivity contribution is 0.0957. The molecule has 0 aliphatic heterocycles. The molecule has 0 aliphatic rings. The summed E-state index contributed by atoms with van der Waals surface area (Å²) in [6.07, 6.45) is 0. The number of aliphatic hydroxyl groups excluding tert-OH is 1. The van der Waals surface area contributed by atoms with Crippen molar-refractivity contribution in [2.45, 2.75) is 13.5 Å². The first kappa shape index (κ1) is 9.18. The zero-order chi connectivity index (χ0) is 9.14. The van der Waals surface area contributed by atoms with E-state index >= 15 is 0 Å². The molecule has 66 valence electrons. The van der Waals surface area contributed by atoms with Crippen LogP contribution in [0.25, 0.3) is 0 Å². The average molecular weight is 186 g/mol. The van der Waals surface area contributed by atoms with Crippen molar-refractivity contribution >= 4 is 17.2 Å². The molecule has 0 saturated heterocycles. The topological polar surface area (TPSA) is 75.4 Å². The Labute approximate surface area is 74.0 Å². The minimum Gasteiger partial charge on any atom is -0.392 e. The monoisotopic (exact) mass is 186 g/mol. The lowest BCUT2D eigenvalue weighted by atomic mass is 10.2. The summed E-state index contributed by atoms with van der Waals surface area (Å²) >= 11 is 1.32. The first-order chi connectivity index (χ1) is 5.69. The Balaban J connectivity index is 2.96. The van der Waals surface area contributed by atoms with Crippen LogP contribution in [0.1, 0.15) is 20.1 Å². The fraction of sp³-hybridized carbons (Fsp3) is 0.286. The van der Waals surface area contributed by atoms with Crippen LogP contribution in [0.3, 0.4) is 0 Å². The molecule has 0 fully saturated rings. The Hall–Kier alpha value is -0.910. The van der Waals surface area contributed by atoms with E-state index in [0.717, 1.165) is 10.4 Å². The van der Waals surface area contributed by atoms with Gasteiger partial charge in [-0.2, -0.15) is 0 Å². The second-order valence-electron chi connectivity index (χ2n) is 2.32. The molecule has 0 spiro atoms. The molecule has 0 saturated carbocycles. The van der Waals surface area contributed by atoms with E-state index < -0.39 is 0 Å². The van der Waals surface area contributed by atoms with Gasteiger partial charge in [-0.25, -0.2) is 5.84 Å². The van der Waals surface area contributed by atoms with E-state index in [0.29, 0.717) is 4.88 Å². The molecular formula is C7H10N2O2S. The van der Waals surface area contributed by atoms with Gasteiger partial charge in [-0.15, -0.1) is 11.3 Å². The zero-order valence-corrected chi connectivity index (χ0v) is 7.44. The van der Waals surface area contributed by atoms with Crippen molar-refractivity contribution in [1.82, 2.24) is 5.43 Å². The summed E-state index contributed by atoms with van der Waals surface area (Å²) in [5.41, 5.74) is 2.81.